The number of carbonyl (C=O) groups is 3. The Labute approximate surface area is 172 Å². The number of methoxy groups -OCH3 is 1. The monoisotopic (exact) mass is 412 g/mol. The fourth-order valence-corrected chi connectivity index (χ4v) is 3.86. The first kappa shape index (κ1) is 20.6. The summed E-state index contributed by atoms with van der Waals surface area (Å²) in [6, 6.07) is 13.4. The molecule has 0 aliphatic carbocycles. The maximum absolute atomic E-state index is 13.3. The van der Waals surface area contributed by atoms with Crippen LogP contribution in [0.25, 0.3) is 5.57 Å². The summed E-state index contributed by atoms with van der Waals surface area (Å²) in [6.45, 7) is 1.27. The second kappa shape index (κ2) is 8.93. The molecule has 0 bridgehead atoms. The molecule has 2 N–H and O–H groups in total. The normalized spacial score (nSPS) is 13.8. The Kier molecular flexibility index (Phi) is 6.36. The number of imide groups is 1. The van der Waals surface area contributed by atoms with E-state index in [4.69, 9.17) is 4.74 Å². The molecule has 0 spiro atoms. The van der Waals surface area contributed by atoms with Crippen LogP contribution in [0.15, 0.2) is 53.4 Å². The van der Waals surface area contributed by atoms with E-state index in [9.17, 15) is 19.5 Å². The molecule has 0 radical (unpaired) electrons. The van der Waals surface area contributed by atoms with Gasteiger partial charge in [-0.05, 0) is 30.3 Å². The number of para-hydroxylation sites is 1. The lowest BCUT2D eigenvalue weighted by molar-refractivity contribution is -0.120. The summed E-state index contributed by atoms with van der Waals surface area (Å²) in [5, 5.41) is 11.9. The molecular weight excluding hydrogens is 392 g/mol. The minimum absolute atomic E-state index is 0.125. The Morgan fingerprint density at radius 1 is 1.10 bits per heavy atom. The van der Waals surface area contributed by atoms with Gasteiger partial charge < -0.3 is 15.2 Å². The number of thioether (sulfide) groups is 1. The van der Waals surface area contributed by atoms with E-state index in [1.54, 1.807) is 48.5 Å². The second-order valence-corrected chi connectivity index (χ2v) is 7.26. The molecule has 29 heavy (non-hydrogen) atoms. The SMILES string of the molecule is COc1ccccc1C1=C(SCCO)C(=O)N(c2ccc(NC(C)=O)cc2)C1=O. The molecule has 0 aromatic heterocycles. The van der Waals surface area contributed by atoms with Crippen molar-refractivity contribution in [3.8, 4) is 5.75 Å². The molecule has 2 aromatic rings. The Bertz CT molecular complexity index is 985. The van der Waals surface area contributed by atoms with Gasteiger partial charge in [-0.1, -0.05) is 18.2 Å². The third-order valence-corrected chi connectivity index (χ3v) is 5.26. The van der Waals surface area contributed by atoms with Crippen molar-refractivity contribution in [1.82, 2.24) is 0 Å². The first-order chi connectivity index (χ1) is 14.0. The summed E-state index contributed by atoms with van der Waals surface area (Å²) in [4.78, 5) is 38.9. The van der Waals surface area contributed by atoms with Gasteiger partial charge in [-0.2, -0.15) is 0 Å². The van der Waals surface area contributed by atoms with Crippen LogP contribution in [0.2, 0.25) is 0 Å². The molecule has 0 saturated heterocycles. The van der Waals surface area contributed by atoms with E-state index in [1.165, 1.54) is 14.0 Å². The van der Waals surface area contributed by atoms with E-state index in [-0.39, 0.29) is 28.7 Å². The van der Waals surface area contributed by atoms with Gasteiger partial charge in [0.1, 0.15) is 5.75 Å². The van der Waals surface area contributed by atoms with Crippen molar-refractivity contribution < 1.29 is 24.2 Å². The Morgan fingerprint density at radius 2 is 1.79 bits per heavy atom. The lowest BCUT2D eigenvalue weighted by Gasteiger charge is -2.16. The van der Waals surface area contributed by atoms with E-state index in [0.717, 1.165) is 16.7 Å². The highest BCUT2D eigenvalue weighted by Gasteiger charge is 2.41. The van der Waals surface area contributed by atoms with Gasteiger partial charge in [0.25, 0.3) is 11.8 Å². The molecule has 0 unspecified atom stereocenters. The lowest BCUT2D eigenvalue weighted by atomic mass is 10.0. The standard InChI is InChI=1S/C21H20N2O5S/c1-13(25)22-14-7-9-15(10-8-14)23-20(26)18(19(21(23)27)29-12-11-24)16-5-3-4-6-17(16)28-2/h3-10,24H,11-12H2,1-2H3,(H,22,25). The molecule has 1 aliphatic rings. The van der Waals surface area contributed by atoms with Gasteiger partial charge in [0.05, 0.1) is 29.9 Å². The van der Waals surface area contributed by atoms with Gasteiger partial charge in [-0.25, -0.2) is 4.90 Å². The molecule has 0 atom stereocenters. The molecule has 0 saturated carbocycles. The largest absolute Gasteiger partial charge is 0.496 e. The third-order valence-electron chi connectivity index (χ3n) is 4.20. The third kappa shape index (κ3) is 4.18. The van der Waals surface area contributed by atoms with Crippen molar-refractivity contribution in [3.05, 3.63) is 59.0 Å². The van der Waals surface area contributed by atoms with Crippen molar-refractivity contribution in [2.45, 2.75) is 6.92 Å². The highest BCUT2D eigenvalue weighted by Crippen LogP contribution is 2.41. The van der Waals surface area contributed by atoms with Crippen LogP contribution < -0.4 is 15.0 Å². The molecule has 7 nitrogen and oxygen atoms in total. The van der Waals surface area contributed by atoms with E-state index in [1.807, 2.05) is 0 Å². The highest BCUT2D eigenvalue weighted by molar-refractivity contribution is 8.04. The maximum atomic E-state index is 13.3. The molecule has 3 rings (SSSR count). The van der Waals surface area contributed by atoms with E-state index >= 15 is 0 Å². The van der Waals surface area contributed by atoms with Crippen molar-refractivity contribution in [1.29, 1.82) is 0 Å². The Balaban J connectivity index is 2.02. The molecule has 0 fully saturated rings. The van der Waals surface area contributed by atoms with Crippen LogP contribution in [-0.4, -0.2) is 42.3 Å². The van der Waals surface area contributed by atoms with Crippen molar-refractivity contribution in [2.75, 3.05) is 29.7 Å². The number of rotatable bonds is 7. The number of aliphatic hydroxyl groups excluding tert-OH is 1. The molecule has 1 aliphatic heterocycles. The zero-order valence-corrected chi connectivity index (χ0v) is 16.8. The van der Waals surface area contributed by atoms with Crippen LogP contribution in [0.4, 0.5) is 11.4 Å². The summed E-state index contributed by atoms with van der Waals surface area (Å²) in [5.41, 5.74) is 1.72. The minimum atomic E-state index is -0.466. The van der Waals surface area contributed by atoms with Gasteiger partial charge in [-0.3, -0.25) is 14.4 Å². The molecule has 8 heteroatoms. The molecule has 1 heterocycles. The number of hydrogen-bond acceptors (Lipinski definition) is 6. The first-order valence-corrected chi connectivity index (χ1v) is 9.84. The van der Waals surface area contributed by atoms with Crippen LogP contribution in [0.3, 0.4) is 0 Å². The number of hydrogen-bond donors (Lipinski definition) is 2. The fraction of sp³-hybridized carbons (Fsp3) is 0.190. The van der Waals surface area contributed by atoms with Crippen LogP contribution in [0, 0.1) is 0 Å². The predicted molar refractivity (Wildman–Crippen MR) is 113 cm³/mol. The second-order valence-electron chi connectivity index (χ2n) is 6.15. The van der Waals surface area contributed by atoms with E-state index < -0.39 is 11.8 Å². The number of nitrogens with zero attached hydrogens (tertiary/aromatic N) is 1. The van der Waals surface area contributed by atoms with Crippen LogP contribution in [0.1, 0.15) is 12.5 Å². The Hall–Kier alpha value is -3.10. The van der Waals surface area contributed by atoms with Gasteiger partial charge in [-0.15, -0.1) is 11.8 Å². The molecular formula is C21H20N2O5S. The smallest absolute Gasteiger partial charge is 0.272 e. The summed E-state index contributed by atoms with van der Waals surface area (Å²) < 4.78 is 5.37. The zero-order valence-electron chi connectivity index (χ0n) is 16.0. The number of nitrogens with one attached hydrogen (secondary N) is 1. The quantitative estimate of drug-likeness (QED) is 0.679. The summed E-state index contributed by atoms with van der Waals surface area (Å²) in [5.74, 6) is -0.376. The number of benzene rings is 2. The van der Waals surface area contributed by atoms with Crippen molar-refractivity contribution in [2.24, 2.45) is 0 Å². The van der Waals surface area contributed by atoms with Crippen LogP contribution in [0.5, 0.6) is 5.75 Å². The average molecular weight is 412 g/mol. The fourth-order valence-electron chi connectivity index (χ4n) is 3.01. The number of aliphatic hydroxyl groups is 1. The molecule has 3 amide bonds. The van der Waals surface area contributed by atoms with Gasteiger partial charge in [0, 0.05) is 23.9 Å². The van der Waals surface area contributed by atoms with Crippen LogP contribution in [-0.2, 0) is 14.4 Å². The van der Waals surface area contributed by atoms with E-state index in [0.29, 0.717) is 22.7 Å². The van der Waals surface area contributed by atoms with Crippen molar-refractivity contribution >= 4 is 46.4 Å². The zero-order chi connectivity index (χ0) is 21.0. The highest BCUT2D eigenvalue weighted by atomic mass is 32.2. The number of anilines is 2. The van der Waals surface area contributed by atoms with Crippen molar-refractivity contribution in [3.63, 3.8) is 0 Å². The number of amides is 3. The summed E-state index contributed by atoms with van der Waals surface area (Å²) >= 11 is 1.13. The van der Waals surface area contributed by atoms with Crippen LogP contribution >= 0.6 is 11.8 Å². The molecule has 2 aromatic carbocycles. The first-order valence-electron chi connectivity index (χ1n) is 8.85. The predicted octanol–water partition coefficient (Wildman–Crippen LogP) is 2.66. The Morgan fingerprint density at radius 3 is 2.41 bits per heavy atom. The summed E-state index contributed by atoms with van der Waals surface area (Å²) in [6.07, 6.45) is 0. The van der Waals surface area contributed by atoms with Gasteiger partial charge in [0.2, 0.25) is 5.91 Å². The topological polar surface area (TPSA) is 95.9 Å². The maximum Gasteiger partial charge on any atom is 0.272 e. The molecule has 150 valence electrons. The minimum Gasteiger partial charge on any atom is -0.496 e. The number of ether oxygens (including phenoxy) is 1. The summed E-state index contributed by atoms with van der Waals surface area (Å²) in [7, 11) is 1.50. The van der Waals surface area contributed by atoms with E-state index in [2.05, 4.69) is 5.32 Å². The van der Waals surface area contributed by atoms with Gasteiger partial charge >= 0.3 is 0 Å². The average Bonchev–Trinajstić information content (AvgIpc) is 2.96. The lowest BCUT2D eigenvalue weighted by Crippen LogP contribution is -2.31. The van der Waals surface area contributed by atoms with Gasteiger partial charge in [0.15, 0.2) is 0 Å². The number of carbonyl (C=O) groups excluding carboxylic acids is 3.